The molecule has 0 atom stereocenters. The number of ether oxygens (including phenoxy) is 1. The molecule has 0 radical (unpaired) electrons. The van der Waals surface area contributed by atoms with Gasteiger partial charge in [-0.15, -0.1) is 0 Å². The highest BCUT2D eigenvalue weighted by molar-refractivity contribution is 5.96. The monoisotopic (exact) mass is 374 g/mol. The van der Waals surface area contributed by atoms with Gasteiger partial charge in [0.05, 0.1) is 0 Å². The van der Waals surface area contributed by atoms with Crippen LogP contribution in [0.25, 0.3) is 0 Å². The van der Waals surface area contributed by atoms with Gasteiger partial charge in [0, 0.05) is 24.1 Å². The first-order valence-electron chi connectivity index (χ1n) is 9.50. The van der Waals surface area contributed by atoms with Gasteiger partial charge in [0.2, 0.25) is 5.88 Å². The van der Waals surface area contributed by atoms with Crippen molar-refractivity contribution in [3.8, 4) is 11.6 Å². The molecule has 4 rings (SSSR count). The summed E-state index contributed by atoms with van der Waals surface area (Å²) >= 11 is 0. The molecule has 0 saturated heterocycles. The Bertz CT molecular complexity index is 923. The van der Waals surface area contributed by atoms with E-state index in [2.05, 4.69) is 20.6 Å². The predicted molar refractivity (Wildman–Crippen MR) is 108 cm³/mol. The van der Waals surface area contributed by atoms with E-state index >= 15 is 0 Å². The van der Waals surface area contributed by atoms with E-state index in [4.69, 9.17) is 4.74 Å². The molecule has 0 unspecified atom stereocenters. The Labute approximate surface area is 164 Å². The Morgan fingerprint density at radius 2 is 1.71 bits per heavy atom. The molecule has 6 nitrogen and oxygen atoms in total. The van der Waals surface area contributed by atoms with Gasteiger partial charge in [0.15, 0.2) is 0 Å². The van der Waals surface area contributed by atoms with Crippen molar-refractivity contribution < 1.29 is 9.53 Å². The Morgan fingerprint density at radius 3 is 2.46 bits per heavy atom. The number of carbonyl (C=O) groups is 1. The van der Waals surface area contributed by atoms with Gasteiger partial charge in [-0.3, -0.25) is 4.79 Å². The number of nitrogens with zero attached hydrogens (tertiary/aromatic N) is 2. The first kappa shape index (κ1) is 18.0. The van der Waals surface area contributed by atoms with Gasteiger partial charge < -0.3 is 15.4 Å². The highest BCUT2D eigenvalue weighted by atomic mass is 16.5. The largest absolute Gasteiger partial charge is 0.438 e. The Hall–Kier alpha value is -3.41. The minimum absolute atomic E-state index is 0.136. The highest BCUT2D eigenvalue weighted by Crippen LogP contribution is 2.26. The molecule has 0 bridgehead atoms. The fourth-order valence-corrected chi connectivity index (χ4v) is 3.28. The van der Waals surface area contributed by atoms with Gasteiger partial charge in [0.1, 0.15) is 17.1 Å². The van der Waals surface area contributed by atoms with E-state index in [1.807, 2.05) is 42.5 Å². The van der Waals surface area contributed by atoms with Crippen molar-refractivity contribution in [3.05, 3.63) is 72.6 Å². The SMILES string of the molecule is O=C(NC1CCCC1)c1cccnc1Oc1ccc(Nc2ccccn2)cc1. The van der Waals surface area contributed by atoms with Crippen molar-refractivity contribution >= 4 is 17.4 Å². The van der Waals surface area contributed by atoms with E-state index in [0.717, 1.165) is 24.3 Å². The van der Waals surface area contributed by atoms with Crippen molar-refractivity contribution in [2.45, 2.75) is 31.7 Å². The van der Waals surface area contributed by atoms with Crippen LogP contribution < -0.4 is 15.4 Å². The summed E-state index contributed by atoms with van der Waals surface area (Å²) < 4.78 is 5.88. The average Bonchev–Trinajstić information content (AvgIpc) is 3.24. The molecule has 1 saturated carbocycles. The number of aromatic nitrogens is 2. The van der Waals surface area contributed by atoms with Crippen molar-refractivity contribution in [1.82, 2.24) is 15.3 Å². The van der Waals surface area contributed by atoms with Gasteiger partial charge in [-0.2, -0.15) is 0 Å². The van der Waals surface area contributed by atoms with E-state index in [-0.39, 0.29) is 11.9 Å². The number of hydrogen-bond donors (Lipinski definition) is 2. The fraction of sp³-hybridized carbons (Fsp3) is 0.227. The van der Waals surface area contributed by atoms with Crippen molar-refractivity contribution in [3.63, 3.8) is 0 Å². The summed E-state index contributed by atoms with van der Waals surface area (Å²) in [5, 5.41) is 6.30. The summed E-state index contributed by atoms with van der Waals surface area (Å²) in [5.41, 5.74) is 1.34. The lowest BCUT2D eigenvalue weighted by Crippen LogP contribution is -2.32. The molecule has 0 spiro atoms. The molecule has 142 valence electrons. The summed E-state index contributed by atoms with van der Waals surface area (Å²) in [7, 11) is 0. The molecule has 28 heavy (non-hydrogen) atoms. The van der Waals surface area contributed by atoms with Crippen LogP contribution in [0.5, 0.6) is 11.6 Å². The maximum Gasteiger partial charge on any atom is 0.257 e. The summed E-state index contributed by atoms with van der Waals surface area (Å²) in [4.78, 5) is 21.1. The Morgan fingerprint density at radius 1 is 0.929 bits per heavy atom. The molecule has 1 fully saturated rings. The first-order valence-corrected chi connectivity index (χ1v) is 9.50. The smallest absolute Gasteiger partial charge is 0.257 e. The van der Waals surface area contributed by atoms with Crippen LogP contribution in [0.3, 0.4) is 0 Å². The number of pyridine rings is 2. The van der Waals surface area contributed by atoms with Gasteiger partial charge in [-0.05, 0) is 61.4 Å². The molecular formula is C22H22N4O2. The minimum Gasteiger partial charge on any atom is -0.438 e. The zero-order chi connectivity index (χ0) is 19.2. The zero-order valence-electron chi connectivity index (χ0n) is 15.5. The number of amides is 1. The second-order valence-electron chi connectivity index (χ2n) is 6.78. The lowest BCUT2D eigenvalue weighted by atomic mass is 10.2. The zero-order valence-corrected chi connectivity index (χ0v) is 15.5. The molecule has 1 amide bonds. The molecule has 2 heterocycles. The Kier molecular flexibility index (Phi) is 5.47. The number of rotatable bonds is 6. The first-order chi connectivity index (χ1) is 13.8. The van der Waals surface area contributed by atoms with E-state index < -0.39 is 0 Å². The van der Waals surface area contributed by atoms with Crippen LogP contribution >= 0.6 is 0 Å². The number of carbonyl (C=O) groups excluding carboxylic acids is 1. The third-order valence-electron chi connectivity index (χ3n) is 4.71. The van der Waals surface area contributed by atoms with Crippen LogP contribution in [0.2, 0.25) is 0 Å². The predicted octanol–water partition coefficient (Wildman–Crippen LogP) is 4.68. The Balaban J connectivity index is 1.44. The van der Waals surface area contributed by atoms with E-state index in [1.54, 1.807) is 24.5 Å². The summed E-state index contributed by atoms with van der Waals surface area (Å²) in [6.45, 7) is 0. The van der Waals surface area contributed by atoms with Crippen molar-refractivity contribution in [1.29, 1.82) is 0 Å². The van der Waals surface area contributed by atoms with Crippen molar-refractivity contribution in [2.24, 2.45) is 0 Å². The van der Waals surface area contributed by atoms with Crippen LogP contribution in [0.1, 0.15) is 36.0 Å². The normalized spacial score (nSPS) is 13.9. The minimum atomic E-state index is -0.136. The van der Waals surface area contributed by atoms with E-state index in [1.165, 1.54) is 12.8 Å². The van der Waals surface area contributed by atoms with Crippen molar-refractivity contribution in [2.75, 3.05) is 5.32 Å². The van der Waals surface area contributed by atoms with Crippen LogP contribution in [0.4, 0.5) is 11.5 Å². The van der Waals surface area contributed by atoms with Crippen LogP contribution in [0.15, 0.2) is 67.0 Å². The molecule has 2 aromatic heterocycles. The van der Waals surface area contributed by atoms with Crippen LogP contribution in [-0.4, -0.2) is 21.9 Å². The third kappa shape index (κ3) is 4.46. The molecule has 1 aromatic carbocycles. The molecule has 0 aliphatic heterocycles. The lowest BCUT2D eigenvalue weighted by Gasteiger charge is -2.14. The fourth-order valence-electron chi connectivity index (χ4n) is 3.28. The quantitative estimate of drug-likeness (QED) is 0.655. The molecule has 3 aromatic rings. The number of benzene rings is 1. The van der Waals surface area contributed by atoms with Gasteiger partial charge in [0.25, 0.3) is 5.91 Å². The number of nitrogens with one attached hydrogen (secondary N) is 2. The van der Waals surface area contributed by atoms with Gasteiger partial charge >= 0.3 is 0 Å². The maximum atomic E-state index is 12.6. The molecule has 1 aliphatic carbocycles. The summed E-state index contributed by atoms with van der Waals surface area (Å²) in [6.07, 6.45) is 7.76. The standard InChI is InChI=1S/C22H22N4O2/c27-21(26-16-6-1-2-7-16)19-8-5-15-24-22(19)28-18-12-10-17(11-13-18)25-20-9-3-4-14-23-20/h3-5,8-16H,1-2,6-7H2,(H,23,25)(H,26,27). The third-order valence-corrected chi connectivity index (χ3v) is 4.71. The molecular weight excluding hydrogens is 352 g/mol. The van der Waals surface area contributed by atoms with Gasteiger partial charge in [-0.1, -0.05) is 18.9 Å². The second kappa shape index (κ2) is 8.52. The average molecular weight is 374 g/mol. The van der Waals surface area contributed by atoms with E-state index in [0.29, 0.717) is 17.2 Å². The maximum absolute atomic E-state index is 12.6. The topological polar surface area (TPSA) is 76.1 Å². The number of anilines is 2. The summed E-state index contributed by atoms with van der Waals surface area (Å²) in [6, 6.07) is 16.9. The van der Waals surface area contributed by atoms with E-state index in [9.17, 15) is 4.79 Å². The molecule has 2 N–H and O–H groups in total. The molecule has 1 aliphatic rings. The van der Waals surface area contributed by atoms with Crippen LogP contribution in [0, 0.1) is 0 Å². The second-order valence-corrected chi connectivity index (χ2v) is 6.78. The lowest BCUT2D eigenvalue weighted by molar-refractivity contribution is 0.0935. The van der Waals surface area contributed by atoms with Crippen LogP contribution in [-0.2, 0) is 0 Å². The molecule has 6 heteroatoms. The highest BCUT2D eigenvalue weighted by Gasteiger charge is 2.20. The van der Waals surface area contributed by atoms with Gasteiger partial charge in [-0.25, -0.2) is 9.97 Å². The number of hydrogen-bond acceptors (Lipinski definition) is 5. The summed E-state index contributed by atoms with van der Waals surface area (Å²) in [5.74, 6) is 1.55.